The maximum Gasteiger partial charge on any atom is 0.225 e. The van der Waals surface area contributed by atoms with E-state index in [2.05, 4.69) is 38.9 Å². The molecule has 0 unspecified atom stereocenters. The number of ether oxygens (including phenoxy) is 2. The largest absolute Gasteiger partial charge is 0.490 e. The minimum Gasteiger partial charge on any atom is -0.490 e. The second-order valence-electron chi connectivity index (χ2n) is 8.04. The summed E-state index contributed by atoms with van der Waals surface area (Å²) in [6.07, 6.45) is 3.00. The highest BCUT2D eigenvalue weighted by molar-refractivity contribution is 5.43. The van der Waals surface area contributed by atoms with Crippen LogP contribution in [-0.4, -0.2) is 72.8 Å². The molecule has 4 rings (SSSR count). The van der Waals surface area contributed by atoms with Crippen LogP contribution < -0.4 is 14.4 Å². The highest BCUT2D eigenvalue weighted by Crippen LogP contribution is 2.30. The Morgan fingerprint density at radius 3 is 2.50 bits per heavy atom. The molecule has 7 heteroatoms. The summed E-state index contributed by atoms with van der Waals surface area (Å²) < 4.78 is 11.5. The van der Waals surface area contributed by atoms with Gasteiger partial charge in [-0.05, 0) is 38.6 Å². The molecule has 30 heavy (non-hydrogen) atoms. The number of nitrogens with zero attached hydrogens (tertiary/aromatic N) is 5. The zero-order valence-electron chi connectivity index (χ0n) is 18.4. The summed E-state index contributed by atoms with van der Waals surface area (Å²) in [6, 6.07) is 6.26. The van der Waals surface area contributed by atoms with Gasteiger partial charge in [-0.2, -0.15) is 0 Å². The van der Waals surface area contributed by atoms with Gasteiger partial charge in [0, 0.05) is 64.0 Å². The molecular formula is C23H33N5O2. The van der Waals surface area contributed by atoms with Crippen molar-refractivity contribution in [3.05, 3.63) is 41.2 Å². The first kappa shape index (κ1) is 20.9. The van der Waals surface area contributed by atoms with Crippen molar-refractivity contribution >= 4 is 5.95 Å². The van der Waals surface area contributed by atoms with E-state index in [1.54, 1.807) is 0 Å². The van der Waals surface area contributed by atoms with Crippen LogP contribution in [0.25, 0.3) is 0 Å². The molecule has 0 bridgehead atoms. The van der Waals surface area contributed by atoms with Gasteiger partial charge in [0.1, 0.15) is 0 Å². The predicted molar refractivity (Wildman–Crippen MR) is 118 cm³/mol. The first-order chi connectivity index (χ1) is 14.7. The maximum atomic E-state index is 5.78. The van der Waals surface area contributed by atoms with Crippen molar-refractivity contribution in [3.8, 4) is 11.5 Å². The van der Waals surface area contributed by atoms with E-state index in [-0.39, 0.29) is 0 Å². The zero-order chi connectivity index (χ0) is 20.9. The van der Waals surface area contributed by atoms with Crippen LogP contribution in [0.1, 0.15) is 30.7 Å². The van der Waals surface area contributed by atoms with Crippen molar-refractivity contribution < 1.29 is 9.47 Å². The number of aromatic nitrogens is 2. The third-order valence-electron chi connectivity index (χ3n) is 5.80. The molecule has 1 aromatic carbocycles. The number of fused-ring (bicyclic) bond motifs is 1. The van der Waals surface area contributed by atoms with Gasteiger partial charge in [-0.15, -0.1) is 0 Å². The second-order valence-corrected chi connectivity index (χ2v) is 8.04. The van der Waals surface area contributed by atoms with Gasteiger partial charge in [0.15, 0.2) is 11.5 Å². The summed E-state index contributed by atoms with van der Waals surface area (Å²) in [5.41, 5.74) is 3.69. The summed E-state index contributed by atoms with van der Waals surface area (Å²) in [5, 5.41) is 0. The molecule has 0 spiro atoms. The molecule has 2 aromatic rings. The van der Waals surface area contributed by atoms with Crippen LogP contribution in [0.2, 0.25) is 0 Å². The normalized spacial score (nSPS) is 17.6. The minimum absolute atomic E-state index is 0.633. The monoisotopic (exact) mass is 411 g/mol. The average molecular weight is 412 g/mol. The van der Waals surface area contributed by atoms with E-state index in [0.29, 0.717) is 13.2 Å². The summed E-state index contributed by atoms with van der Waals surface area (Å²) in [5.74, 6) is 2.54. The number of likely N-dealkylation sites (N-methyl/N-ethyl adjacent to an activating group) is 1. The SMILES string of the molecule is CCOc1ccc(CN2CCc3nc(N4CCN(C)CC4)ncc3C2)cc1OCC. The van der Waals surface area contributed by atoms with Crippen LogP contribution in [0.3, 0.4) is 0 Å². The van der Waals surface area contributed by atoms with Crippen LogP contribution in [0.4, 0.5) is 5.95 Å². The van der Waals surface area contributed by atoms with Gasteiger partial charge in [0.25, 0.3) is 0 Å². The smallest absolute Gasteiger partial charge is 0.225 e. The molecule has 0 aliphatic carbocycles. The van der Waals surface area contributed by atoms with Crippen LogP contribution in [0.5, 0.6) is 11.5 Å². The van der Waals surface area contributed by atoms with Crippen molar-refractivity contribution in [2.75, 3.05) is 57.9 Å². The second kappa shape index (κ2) is 9.62. The number of rotatable bonds is 7. The minimum atomic E-state index is 0.633. The maximum absolute atomic E-state index is 5.78. The summed E-state index contributed by atoms with van der Waals surface area (Å²) in [7, 11) is 2.17. The van der Waals surface area contributed by atoms with Gasteiger partial charge >= 0.3 is 0 Å². The first-order valence-corrected chi connectivity index (χ1v) is 11.1. The first-order valence-electron chi connectivity index (χ1n) is 11.1. The molecule has 0 atom stereocenters. The van der Waals surface area contributed by atoms with Gasteiger partial charge in [0.2, 0.25) is 5.95 Å². The topological polar surface area (TPSA) is 54.0 Å². The van der Waals surface area contributed by atoms with Crippen LogP contribution in [0, 0.1) is 0 Å². The molecule has 7 nitrogen and oxygen atoms in total. The number of benzene rings is 1. The van der Waals surface area contributed by atoms with Crippen LogP contribution in [-0.2, 0) is 19.5 Å². The molecule has 0 saturated carbocycles. The van der Waals surface area contributed by atoms with Crippen molar-refractivity contribution in [1.29, 1.82) is 0 Å². The summed E-state index contributed by atoms with van der Waals surface area (Å²) >= 11 is 0. The average Bonchev–Trinajstić information content (AvgIpc) is 2.76. The van der Waals surface area contributed by atoms with E-state index in [1.165, 1.54) is 16.8 Å². The van der Waals surface area contributed by atoms with E-state index in [9.17, 15) is 0 Å². The third-order valence-corrected chi connectivity index (χ3v) is 5.80. The highest BCUT2D eigenvalue weighted by Gasteiger charge is 2.22. The predicted octanol–water partition coefficient (Wildman–Crippen LogP) is 2.58. The number of piperazine rings is 1. The summed E-state index contributed by atoms with van der Waals surface area (Å²) in [6.45, 7) is 12.2. The van der Waals surface area contributed by atoms with Gasteiger partial charge in [-0.25, -0.2) is 9.97 Å². The lowest BCUT2D eigenvalue weighted by atomic mass is 10.1. The van der Waals surface area contributed by atoms with E-state index < -0.39 is 0 Å². The van der Waals surface area contributed by atoms with Crippen molar-refractivity contribution in [1.82, 2.24) is 19.8 Å². The Labute approximate surface area is 179 Å². The van der Waals surface area contributed by atoms with Gasteiger partial charge < -0.3 is 19.3 Å². The number of hydrogen-bond acceptors (Lipinski definition) is 7. The van der Waals surface area contributed by atoms with E-state index in [1.807, 2.05) is 26.1 Å². The van der Waals surface area contributed by atoms with Crippen molar-refractivity contribution in [2.45, 2.75) is 33.4 Å². The Morgan fingerprint density at radius 1 is 0.967 bits per heavy atom. The zero-order valence-corrected chi connectivity index (χ0v) is 18.4. The number of hydrogen-bond donors (Lipinski definition) is 0. The summed E-state index contributed by atoms with van der Waals surface area (Å²) in [4.78, 5) is 16.7. The molecule has 0 radical (unpaired) electrons. The number of anilines is 1. The van der Waals surface area contributed by atoms with Gasteiger partial charge in [-0.1, -0.05) is 6.07 Å². The van der Waals surface area contributed by atoms with Crippen LogP contribution >= 0.6 is 0 Å². The molecule has 0 amide bonds. The Morgan fingerprint density at radius 2 is 1.73 bits per heavy atom. The van der Waals surface area contributed by atoms with Crippen molar-refractivity contribution in [3.63, 3.8) is 0 Å². The highest BCUT2D eigenvalue weighted by atomic mass is 16.5. The lowest BCUT2D eigenvalue weighted by molar-refractivity contribution is 0.241. The van der Waals surface area contributed by atoms with Crippen molar-refractivity contribution in [2.24, 2.45) is 0 Å². The quantitative estimate of drug-likeness (QED) is 0.694. The molecule has 0 N–H and O–H groups in total. The van der Waals surface area contributed by atoms with E-state index in [4.69, 9.17) is 14.5 Å². The van der Waals surface area contributed by atoms with Gasteiger partial charge in [-0.3, -0.25) is 4.90 Å². The van der Waals surface area contributed by atoms with E-state index in [0.717, 1.165) is 69.7 Å². The lowest BCUT2D eigenvalue weighted by Gasteiger charge is -2.33. The Kier molecular flexibility index (Phi) is 6.69. The fourth-order valence-corrected chi connectivity index (χ4v) is 4.11. The van der Waals surface area contributed by atoms with E-state index >= 15 is 0 Å². The van der Waals surface area contributed by atoms with Crippen LogP contribution in [0.15, 0.2) is 24.4 Å². The molecule has 1 aromatic heterocycles. The Balaban J connectivity index is 1.41. The molecule has 2 aliphatic heterocycles. The molecule has 2 aliphatic rings. The molecule has 1 saturated heterocycles. The fourth-order valence-electron chi connectivity index (χ4n) is 4.11. The third kappa shape index (κ3) is 4.84. The molecule has 3 heterocycles. The Hall–Kier alpha value is -2.38. The molecular weight excluding hydrogens is 378 g/mol. The molecule has 162 valence electrons. The molecule has 1 fully saturated rings. The fraction of sp³-hybridized carbons (Fsp3) is 0.565. The standard InChI is InChI=1S/C23H33N5O2/c1-4-29-21-7-6-18(14-22(21)30-5-2)16-27-9-8-20-19(17-27)15-24-23(25-20)28-12-10-26(3)11-13-28/h6-7,14-15H,4-5,8-13,16-17H2,1-3H3. The lowest BCUT2D eigenvalue weighted by Crippen LogP contribution is -2.45. The Bertz CT molecular complexity index is 851. The van der Waals surface area contributed by atoms with Gasteiger partial charge in [0.05, 0.1) is 18.9 Å².